The third kappa shape index (κ3) is 6.12. The van der Waals surface area contributed by atoms with Gasteiger partial charge >= 0.3 is 0 Å². The minimum Gasteiger partial charge on any atom is -0.476 e. The van der Waals surface area contributed by atoms with E-state index in [1.54, 1.807) is 4.90 Å². The molecule has 7 heteroatoms. The van der Waals surface area contributed by atoms with Crippen molar-refractivity contribution >= 4 is 35.6 Å². The number of rotatable bonds is 7. The maximum absolute atomic E-state index is 13.2. The Morgan fingerprint density at radius 2 is 1.76 bits per heavy atom. The molecule has 1 aliphatic rings. The maximum atomic E-state index is 13.2. The predicted molar refractivity (Wildman–Crippen MR) is 133 cm³/mol. The maximum Gasteiger partial charge on any atom is 0.270 e. The topological polar surface area (TPSA) is 84.7 Å². The highest BCUT2D eigenvalue weighted by Gasteiger charge is 2.24. The van der Waals surface area contributed by atoms with Gasteiger partial charge in [0.25, 0.3) is 5.91 Å². The molecule has 1 aliphatic heterocycles. The number of nitrogens with one attached hydrogen (secondary N) is 1. The molecule has 3 aromatic rings. The molecule has 2 amide bonds. The monoisotopic (exact) mass is 465 g/mol. The molecule has 0 radical (unpaired) electrons. The van der Waals surface area contributed by atoms with Crippen LogP contribution >= 0.6 is 12.4 Å². The quantitative estimate of drug-likeness (QED) is 0.522. The molecule has 1 fully saturated rings. The summed E-state index contributed by atoms with van der Waals surface area (Å²) < 4.78 is 6.09. The van der Waals surface area contributed by atoms with Crippen molar-refractivity contribution in [3.05, 3.63) is 90.0 Å². The van der Waals surface area contributed by atoms with Gasteiger partial charge in [-0.15, -0.1) is 12.4 Å². The molecule has 1 heterocycles. The van der Waals surface area contributed by atoms with E-state index in [4.69, 9.17) is 10.5 Å². The molecule has 1 atom stereocenters. The first-order valence-electron chi connectivity index (χ1n) is 10.9. The van der Waals surface area contributed by atoms with Gasteiger partial charge in [0.05, 0.1) is 0 Å². The van der Waals surface area contributed by atoms with E-state index in [1.807, 2.05) is 78.9 Å². The van der Waals surface area contributed by atoms with Crippen molar-refractivity contribution in [2.45, 2.75) is 31.9 Å². The second-order valence-electron chi connectivity index (χ2n) is 7.80. The van der Waals surface area contributed by atoms with Crippen LogP contribution in [0.15, 0.2) is 78.9 Å². The highest BCUT2D eigenvalue weighted by molar-refractivity contribution is 5.96. The number of carbonyl (C=O) groups excluding carboxylic acids is 2. The van der Waals surface area contributed by atoms with Crippen LogP contribution in [0.1, 0.15) is 36.5 Å². The molecule has 3 N–H and O–H groups in total. The van der Waals surface area contributed by atoms with Crippen molar-refractivity contribution < 1.29 is 14.3 Å². The summed E-state index contributed by atoms with van der Waals surface area (Å²) in [5.74, 6) is 0.442. The number of halogens is 1. The lowest BCUT2D eigenvalue weighted by Crippen LogP contribution is -2.35. The zero-order valence-electron chi connectivity index (χ0n) is 18.3. The summed E-state index contributed by atoms with van der Waals surface area (Å²) in [6, 6.07) is 24.2. The fourth-order valence-corrected chi connectivity index (χ4v) is 3.79. The minimum atomic E-state index is -0.826. The molecule has 0 aromatic heterocycles. The van der Waals surface area contributed by atoms with E-state index in [9.17, 15) is 9.59 Å². The predicted octanol–water partition coefficient (Wildman–Crippen LogP) is 4.84. The van der Waals surface area contributed by atoms with Crippen molar-refractivity contribution in [3.8, 4) is 5.75 Å². The first kappa shape index (κ1) is 24.3. The summed E-state index contributed by atoms with van der Waals surface area (Å²) >= 11 is 0. The second-order valence-corrected chi connectivity index (χ2v) is 7.80. The first-order valence-corrected chi connectivity index (χ1v) is 10.9. The van der Waals surface area contributed by atoms with Gasteiger partial charge < -0.3 is 20.7 Å². The van der Waals surface area contributed by atoms with E-state index >= 15 is 0 Å². The molecule has 0 spiro atoms. The standard InChI is InChI=1S/C26H27N3O3.ClH/c27-18-19-7-6-10-23(17-19)32-25(20-8-2-1-3-9-20)26(31)28-21-12-14-22(15-13-21)29-16-5-4-11-24(29)30;/h1-3,6-10,12-15,17,25H,4-5,11,16,18,27H2,(H,28,31);1H. The van der Waals surface area contributed by atoms with Crippen LogP contribution in [-0.4, -0.2) is 18.4 Å². The number of hydrogen-bond donors (Lipinski definition) is 2. The average Bonchev–Trinajstić information content (AvgIpc) is 2.84. The summed E-state index contributed by atoms with van der Waals surface area (Å²) in [5.41, 5.74) is 8.91. The minimum absolute atomic E-state index is 0. The van der Waals surface area contributed by atoms with Crippen molar-refractivity contribution in [1.82, 2.24) is 0 Å². The molecule has 3 aromatic carbocycles. The number of carbonyl (C=O) groups is 2. The molecule has 4 rings (SSSR count). The van der Waals surface area contributed by atoms with Gasteiger partial charge in [-0.1, -0.05) is 42.5 Å². The fourth-order valence-electron chi connectivity index (χ4n) is 3.79. The van der Waals surface area contributed by atoms with Gasteiger partial charge in [-0.3, -0.25) is 9.59 Å². The molecule has 33 heavy (non-hydrogen) atoms. The molecular weight excluding hydrogens is 438 g/mol. The first-order chi connectivity index (χ1) is 15.6. The van der Waals surface area contributed by atoms with Crippen LogP contribution in [0, 0.1) is 0 Å². The molecule has 172 valence electrons. The van der Waals surface area contributed by atoms with E-state index in [0.717, 1.165) is 36.2 Å². The average molecular weight is 466 g/mol. The molecule has 1 saturated heterocycles. The second kappa shape index (κ2) is 11.5. The fraction of sp³-hybridized carbons (Fsp3) is 0.231. The lowest BCUT2D eigenvalue weighted by atomic mass is 10.1. The van der Waals surface area contributed by atoms with Crippen LogP contribution < -0.4 is 20.7 Å². The third-order valence-electron chi connectivity index (χ3n) is 5.50. The van der Waals surface area contributed by atoms with Crippen molar-refractivity contribution in [2.24, 2.45) is 5.73 Å². The van der Waals surface area contributed by atoms with Crippen LogP contribution in [-0.2, 0) is 16.1 Å². The number of nitrogens with zero attached hydrogens (tertiary/aromatic N) is 1. The van der Waals surface area contributed by atoms with Gasteiger partial charge in [0.1, 0.15) is 5.75 Å². The summed E-state index contributed by atoms with van der Waals surface area (Å²) in [7, 11) is 0. The van der Waals surface area contributed by atoms with Crippen LogP contribution in [0.2, 0.25) is 0 Å². The number of ether oxygens (including phenoxy) is 1. The Morgan fingerprint density at radius 1 is 1.00 bits per heavy atom. The number of amides is 2. The SMILES string of the molecule is Cl.NCc1cccc(OC(C(=O)Nc2ccc(N3CCCCC3=O)cc2)c2ccccc2)c1. The van der Waals surface area contributed by atoms with Gasteiger partial charge in [-0.25, -0.2) is 0 Å². The molecule has 1 unspecified atom stereocenters. The van der Waals surface area contributed by atoms with E-state index in [0.29, 0.717) is 24.4 Å². The Kier molecular flexibility index (Phi) is 8.46. The number of benzene rings is 3. The highest BCUT2D eigenvalue weighted by atomic mass is 35.5. The van der Waals surface area contributed by atoms with Crippen LogP contribution in [0.5, 0.6) is 5.75 Å². The third-order valence-corrected chi connectivity index (χ3v) is 5.50. The van der Waals surface area contributed by atoms with Gasteiger partial charge in [-0.05, 0) is 54.8 Å². The Bertz CT molecular complexity index is 1070. The van der Waals surface area contributed by atoms with Crippen molar-refractivity contribution in [3.63, 3.8) is 0 Å². The molecule has 0 saturated carbocycles. The van der Waals surface area contributed by atoms with E-state index in [-0.39, 0.29) is 24.2 Å². The van der Waals surface area contributed by atoms with E-state index in [1.165, 1.54) is 0 Å². The Hall–Kier alpha value is -3.35. The zero-order chi connectivity index (χ0) is 22.3. The van der Waals surface area contributed by atoms with Gasteiger partial charge in [0, 0.05) is 36.4 Å². The van der Waals surface area contributed by atoms with Crippen molar-refractivity contribution in [1.29, 1.82) is 0 Å². The van der Waals surface area contributed by atoms with Gasteiger partial charge in [-0.2, -0.15) is 0 Å². The Labute approximate surface area is 200 Å². The number of nitrogens with two attached hydrogens (primary N) is 1. The lowest BCUT2D eigenvalue weighted by molar-refractivity contribution is -0.123. The number of piperidine rings is 1. The van der Waals surface area contributed by atoms with Crippen LogP contribution in [0.4, 0.5) is 11.4 Å². The number of hydrogen-bond acceptors (Lipinski definition) is 4. The summed E-state index contributed by atoms with van der Waals surface area (Å²) in [4.78, 5) is 27.1. The summed E-state index contributed by atoms with van der Waals surface area (Å²) in [6.45, 7) is 1.13. The zero-order valence-corrected chi connectivity index (χ0v) is 19.1. The molecule has 0 bridgehead atoms. The summed E-state index contributed by atoms with van der Waals surface area (Å²) in [5, 5.41) is 2.94. The van der Waals surface area contributed by atoms with Gasteiger partial charge in [0.2, 0.25) is 12.0 Å². The summed E-state index contributed by atoms with van der Waals surface area (Å²) in [6.07, 6.45) is 1.71. The smallest absolute Gasteiger partial charge is 0.270 e. The molecular formula is C26H28ClN3O3. The largest absolute Gasteiger partial charge is 0.476 e. The number of anilines is 2. The normalized spacial score (nSPS) is 14.2. The van der Waals surface area contributed by atoms with Crippen LogP contribution in [0.25, 0.3) is 0 Å². The van der Waals surface area contributed by atoms with Gasteiger partial charge in [0.15, 0.2) is 0 Å². The van der Waals surface area contributed by atoms with E-state index < -0.39 is 6.10 Å². The molecule has 6 nitrogen and oxygen atoms in total. The Morgan fingerprint density at radius 3 is 2.45 bits per heavy atom. The van der Waals surface area contributed by atoms with Crippen LogP contribution in [0.3, 0.4) is 0 Å². The van der Waals surface area contributed by atoms with E-state index in [2.05, 4.69) is 5.32 Å². The Balaban J connectivity index is 0.00000306. The van der Waals surface area contributed by atoms with Crippen molar-refractivity contribution in [2.75, 3.05) is 16.8 Å². The molecule has 0 aliphatic carbocycles. The highest BCUT2D eigenvalue weighted by Crippen LogP contribution is 2.26. The lowest BCUT2D eigenvalue weighted by Gasteiger charge is -2.27.